The van der Waals surface area contributed by atoms with Crippen molar-refractivity contribution >= 4 is 66.1 Å². The first-order valence-corrected chi connectivity index (χ1v) is 10.7. The van der Waals surface area contributed by atoms with Crippen molar-refractivity contribution in [2.75, 3.05) is 0 Å². The molecular formula is C15H12Al2O12. The minimum Gasteiger partial charge on any atom is -0.547 e. The van der Waals surface area contributed by atoms with Gasteiger partial charge in [0.25, 0.3) is 17.9 Å². The summed E-state index contributed by atoms with van der Waals surface area (Å²) >= 11 is -6.96. The SMILES string of the molecule is CC1=CC(=O)[O][Al]([O]C(=O)/C=C(\C)C(=O)[O][Al]2[O]C(=O)C=C(C)C(=O)[O]2)[O]C1=O. The molecule has 0 bridgehead atoms. The number of hydrogen-bond acceptors (Lipinski definition) is 12. The predicted molar refractivity (Wildman–Crippen MR) is 89.3 cm³/mol. The van der Waals surface area contributed by atoms with Crippen LogP contribution in [0.4, 0.5) is 0 Å². The quantitative estimate of drug-likeness (QED) is 0.393. The normalized spacial score (nSPS) is 17.6. The summed E-state index contributed by atoms with van der Waals surface area (Å²) in [5, 5.41) is 0. The highest BCUT2D eigenvalue weighted by Crippen LogP contribution is 2.11. The molecule has 0 saturated carbocycles. The minimum absolute atomic E-state index is 0.0286. The van der Waals surface area contributed by atoms with Crippen LogP contribution in [0, 0.1) is 0 Å². The Labute approximate surface area is 173 Å². The van der Waals surface area contributed by atoms with Gasteiger partial charge in [-0.15, -0.1) is 0 Å². The molecule has 0 radical (unpaired) electrons. The highest BCUT2D eigenvalue weighted by atomic mass is 27.3. The molecule has 0 aromatic rings. The van der Waals surface area contributed by atoms with Crippen LogP contribution >= 0.6 is 0 Å². The molecule has 0 unspecified atom stereocenters. The summed E-state index contributed by atoms with van der Waals surface area (Å²) in [6.07, 6.45) is 2.46. The van der Waals surface area contributed by atoms with Gasteiger partial charge >= 0.3 is 48.2 Å². The summed E-state index contributed by atoms with van der Waals surface area (Å²) in [4.78, 5) is 69.9. The maximum absolute atomic E-state index is 12.0. The lowest BCUT2D eigenvalue weighted by Crippen LogP contribution is -2.33. The molecule has 0 aliphatic carbocycles. The van der Waals surface area contributed by atoms with Gasteiger partial charge < -0.3 is 22.7 Å². The third-order valence-electron chi connectivity index (χ3n) is 3.22. The zero-order valence-corrected chi connectivity index (χ0v) is 17.6. The van der Waals surface area contributed by atoms with E-state index >= 15 is 0 Å². The smallest absolute Gasteiger partial charge is 0.547 e. The van der Waals surface area contributed by atoms with Gasteiger partial charge in [0.15, 0.2) is 0 Å². The molecule has 150 valence electrons. The van der Waals surface area contributed by atoms with Crippen molar-refractivity contribution in [2.45, 2.75) is 20.8 Å². The van der Waals surface area contributed by atoms with Crippen LogP contribution in [0.1, 0.15) is 20.8 Å². The second-order valence-corrected chi connectivity index (χ2v) is 8.15. The van der Waals surface area contributed by atoms with E-state index in [1.165, 1.54) is 20.8 Å². The standard InChI is InChI=1S/3C5H6O4.2Al/c3*1-3(5(8)9)2-4(6)7;;/h3*2H,1H3,(H,6,7)(H,8,9);;/q;;;2*+3/p-6/b3-2+;;;;. The highest BCUT2D eigenvalue weighted by Gasteiger charge is 2.51. The van der Waals surface area contributed by atoms with Crippen molar-refractivity contribution in [3.63, 3.8) is 0 Å². The van der Waals surface area contributed by atoms with E-state index in [1.807, 2.05) is 0 Å². The molecule has 2 heterocycles. The largest absolute Gasteiger partial charge is 1.20 e. The van der Waals surface area contributed by atoms with Gasteiger partial charge in [0, 0.05) is 34.9 Å². The second kappa shape index (κ2) is 9.54. The molecule has 0 aromatic heterocycles. The van der Waals surface area contributed by atoms with Crippen LogP contribution in [0.15, 0.2) is 34.9 Å². The van der Waals surface area contributed by atoms with Gasteiger partial charge in [-0.05, 0) is 20.8 Å². The topological polar surface area (TPSA) is 158 Å². The Bertz CT molecular complexity index is 884. The van der Waals surface area contributed by atoms with Crippen LogP contribution < -0.4 is 0 Å². The van der Waals surface area contributed by atoms with E-state index in [-0.39, 0.29) is 16.7 Å². The zero-order valence-electron chi connectivity index (χ0n) is 15.3. The molecule has 0 saturated heterocycles. The van der Waals surface area contributed by atoms with Gasteiger partial charge in [-0.25, -0.2) is 0 Å². The van der Waals surface area contributed by atoms with E-state index < -0.39 is 66.1 Å². The molecule has 29 heavy (non-hydrogen) atoms. The first kappa shape index (κ1) is 22.4. The molecule has 12 nitrogen and oxygen atoms in total. The van der Waals surface area contributed by atoms with Crippen LogP contribution in [-0.4, -0.2) is 66.1 Å². The van der Waals surface area contributed by atoms with Crippen LogP contribution in [0.2, 0.25) is 0 Å². The van der Waals surface area contributed by atoms with Crippen molar-refractivity contribution in [1.29, 1.82) is 0 Å². The zero-order chi connectivity index (χ0) is 21.7. The maximum atomic E-state index is 12.0. The van der Waals surface area contributed by atoms with E-state index in [9.17, 15) is 28.8 Å². The fourth-order valence-corrected chi connectivity index (χ4v) is 3.92. The Morgan fingerprint density at radius 3 is 1.76 bits per heavy atom. The Kier molecular flexibility index (Phi) is 7.37. The molecule has 0 aromatic carbocycles. The van der Waals surface area contributed by atoms with Crippen LogP contribution in [0.25, 0.3) is 0 Å². The maximum Gasteiger partial charge on any atom is 1.20 e. The average molecular weight is 438 g/mol. The third kappa shape index (κ3) is 6.59. The average Bonchev–Trinajstić information content (AvgIpc) is 2.79. The lowest BCUT2D eigenvalue weighted by Gasteiger charge is -2.11. The summed E-state index contributed by atoms with van der Waals surface area (Å²) in [7, 11) is 0. The predicted octanol–water partition coefficient (Wildman–Crippen LogP) is -0.919. The Morgan fingerprint density at radius 1 is 0.828 bits per heavy atom. The lowest BCUT2D eigenvalue weighted by atomic mass is 10.3. The van der Waals surface area contributed by atoms with E-state index in [2.05, 4.69) is 0 Å². The van der Waals surface area contributed by atoms with Crippen LogP contribution in [-0.2, 0) is 51.5 Å². The molecule has 0 N–H and O–H groups in total. The van der Waals surface area contributed by atoms with E-state index in [4.69, 9.17) is 22.7 Å². The summed E-state index contributed by atoms with van der Waals surface area (Å²) in [6.45, 7) is 3.80. The Morgan fingerprint density at radius 2 is 1.28 bits per heavy atom. The summed E-state index contributed by atoms with van der Waals surface area (Å²) in [6, 6.07) is 0. The molecule has 2 aliphatic heterocycles. The van der Waals surface area contributed by atoms with Gasteiger partial charge in [0.05, 0.1) is 0 Å². The lowest BCUT2D eigenvalue weighted by molar-refractivity contribution is -0.144. The van der Waals surface area contributed by atoms with E-state index in [1.54, 1.807) is 0 Å². The van der Waals surface area contributed by atoms with Crippen molar-refractivity contribution in [1.82, 2.24) is 0 Å². The van der Waals surface area contributed by atoms with Crippen molar-refractivity contribution in [3.8, 4) is 0 Å². The molecule has 0 spiro atoms. The molecule has 2 rings (SSSR count). The minimum atomic E-state index is -3.48. The van der Waals surface area contributed by atoms with Crippen molar-refractivity contribution in [3.05, 3.63) is 34.9 Å². The fourth-order valence-electron chi connectivity index (χ4n) is 1.78. The first-order chi connectivity index (χ1) is 13.5. The molecule has 0 atom stereocenters. The molecule has 2 aliphatic rings. The summed E-state index contributed by atoms with van der Waals surface area (Å²) in [5.41, 5.74) is -0.365. The molecular weight excluding hydrogens is 426 g/mol. The van der Waals surface area contributed by atoms with Gasteiger partial charge in [-0.2, -0.15) is 0 Å². The molecule has 0 amide bonds. The monoisotopic (exact) mass is 438 g/mol. The van der Waals surface area contributed by atoms with Crippen LogP contribution in [0.5, 0.6) is 0 Å². The number of hydrogen-bond donors (Lipinski definition) is 0. The summed E-state index contributed by atoms with van der Waals surface area (Å²) in [5.74, 6) is -5.85. The third-order valence-corrected chi connectivity index (χ3v) is 5.71. The number of carbonyl (C=O) groups is 6. The Hall–Kier alpha value is -2.90. The van der Waals surface area contributed by atoms with Crippen molar-refractivity contribution < 1.29 is 51.5 Å². The number of carbonyl (C=O) groups excluding carboxylic acids is 6. The van der Waals surface area contributed by atoms with Crippen LogP contribution in [0.3, 0.4) is 0 Å². The second-order valence-electron chi connectivity index (χ2n) is 5.59. The van der Waals surface area contributed by atoms with Gasteiger partial charge in [0.1, 0.15) is 0 Å². The van der Waals surface area contributed by atoms with E-state index in [0.717, 1.165) is 12.2 Å². The molecule has 0 fully saturated rings. The first-order valence-electron chi connectivity index (χ1n) is 7.85. The van der Waals surface area contributed by atoms with Gasteiger partial charge in [-0.3, -0.25) is 28.8 Å². The molecule has 14 heteroatoms. The van der Waals surface area contributed by atoms with Crippen molar-refractivity contribution in [2.24, 2.45) is 0 Å². The fraction of sp³-hybridized carbons (Fsp3) is 0.200. The van der Waals surface area contributed by atoms with E-state index in [0.29, 0.717) is 6.08 Å². The Balaban J connectivity index is 1.96. The summed E-state index contributed by atoms with van der Waals surface area (Å²) < 4.78 is 28.6. The van der Waals surface area contributed by atoms with Gasteiger partial charge in [0.2, 0.25) is 0 Å². The number of rotatable bonds is 4. The van der Waals surface area contributed by atoms with Gasteiger partial charge in [-0.1, -0.05) is 0 Å². The highest BCUT2D eigenvalue weighted by molar-refractivity contribution is 6.47.